The first-order valence-electron chi connectivity index (χ1n) is 9.39. The van der Waals surface area contributed by atoms with Crippen molar-refractivity contribution in [3.05, 3.63) is 65.2 Å². The van der Waals surface area contributed by atoms with Crippen LogP contribution in [-0.4, -0.2) is 32.3 Å². The van der Waals surface area contributed by atoms with Crippen molar-refractivity contribution in [2.75, 3.05) is 7.05 Å². The highest BCUT2D eigenvalue weighted by Crippen LogP contribution is 2.16. The number of hydrazine groups is 3. The molecule has 1 unspecified atom stereocenters. The Morgan fingerprint density at radius 1 is 0.929 bits per heavy atom. The molecule has 3 aromatic rings. The van der Waals surface area contributed by atoms with Crippen molar-refractivity contribution < 1.29 is 0 Å². The molecule has 1 atom stereocenters. The zero-order chi connectivity index (χ0) is 20.5. The van der Waals surface area contributed by atoms with Crippen LogP contribution in [0.2, 0.25) is 0 Å². The quantitative estimate of drug-likeness (QED) is 0.628. The molecule has 28 heavy (non-hydrogen) atoms. The second kappa shape index (κ2) is 10.6. The normalized spacial score (nSPS) is 16.0. The first kappa shape index (κ1) is 21.6. The lowest BCUT2D eigenvalue weighted by atomic mass is 10.1. The zero-order valence-corrected chi connectivity index (χ0v) is 17.4. The first-order valence-corrected chi connectivity index (χ1v) is 9.39. The van der Waals surface area contributed by atoms with Crippen LogP contribution in [0.4, 0.5) is 0 Å². The molecule has 0 radical (unpaired) electrons. The number of rotatable bonds is 2. The summed E-state index contributed by atoms with van der Waals surface area (Å²) in [4.78, 5) is 0. The van der Waals surface area contributed by atoms with Crippen LogP contribution in [0.5, 0.6) is 0 Å². The van der Waals surface area contributed by atoms with Gasteiger partial charge in [-0.3, -0.25) is 0 Å². The van der Waals surface area contributed by atoms with E-state index in [1.54, 1.807) is 4.68 Å². The molecule has 2 heterocycles. The fourth-order valence-electron chi connectivity index (χ4n) is 2.66. The van der Waals surface area contributed by atoms with Crippen LogP contribution in [0.25, 0.3) is 11.4 Å². The van der Waals surface area contributed by atoms with Crippen molar-refractivity contribution in [1.29, 1.82) is 0 Å². The lowest BCUT2D eigenvalue weighted by molar-refractivity contribution is 0.224. The lowest BCUT2D eigenvalue weighted by Crippen LogP contribution is -2.34. The van der Waals surface area contributed by atoms with Crippen molar-refractivity contribution in [3.63, 3.8) is 0 Å². The van der Waals surface area contributed by atoms with Gasteiger partial charge in [-0.25, -0.2) is 15.1 Å². The number of hydrogen-bond acceptors (Lipinski definition) is 7. The number of aromatic nitrogens is 4. The number of tetrazole rings is 1. The van der Waals surface area contributed by atoms with Crippen molar-refractivity contribution in [2.24, 2.45) is 7.05 Å². The molecule has 1 aliphatic heterocycles. The maximum atomic E-state index is 3.93. The minimum Gasteiger partial charge on any atom is -0.229 e. The van der Waals surface area contributed by atoms with Crippen LogP contribution < -0.4 is 16.5 Å². The summed E-state index contributed by atoms with van der Waals surface area (Å²) in [7, 11) is 3.81. The van der Waals surface area contributed by atoms with Gasteiger partial charge in [-0.1, -0.05) is 67.4 Å². The van der Waals surface area contributed by atoms with Crippen molar-refractivity contribution in [2.45, 2.75) is 33.9 Å². The van der Waals surface area contributed by atoms with Gasteiger partial charge in [0.05, 0.1) is 0 Å². The average Bonchev–Trinajstić information content (AvgIpc) is 3.33. The topological polar surface area (TPSA) is 82.9 Å². The average molecular weight is 383 g/mol. The molecule has 1 aromatic heterocycles. The first-order chi connectivity index (χ1) is 13.5. The molecular formula is C20H30N8. The van der Waals surface area contributed by atoms with E-state index in [-0.39, 0.29) is 6.17 Å². The smallest absolute Gasteiger partial charge is 0.181 e. The van der Waals surface area contributed by atoms with Crippen molar-refractivity contribution in [1.82, 2.24) is 41.7 Å². The molecule has 1 saturated heterocycles. The largest absolute Gasteiger partial charge is 0.229 e. The van der Waals surface area contributed by atoms with Gasteiger partial charge in [0.25, 0.3) is 0 Å². The number of aryl methyl sites for hydroxylation is 3. The van der Waals surface area contributed by atoms with E-state index in [1.807, 2.05) is 58.1 Å². The minimum absolute atomic E-state index is 0.195. The molecule has 0 aliphatic carbocycles. The fraction of sp³-hybridized carbons (Fsp3) is 0.350. The summed E-state index contributed by atoms with van der Waals surface area (Å²) in [5, 5.41) is 13.3. The summed E-state index contributed by atoms with van der Waals surface area (Å²) in [6.45, 7) is 8.14. The third kappa shape index (κ3) is 5.67. The summed E-state index contributed by atoms with van der Waals surface area (Å²) in [6, 6.07) is 16.6. The number of benzene rings is 2. The number of hydrogen-bond donors (Lipinski definition) is 3. The van der Waals surface area contributed by atoms with Gasteiger partial charge in [-0.2, -0.15) is 11.1 Å². The summed E-state index contributed by atoms with van der Waals surface area (Å²) in [5.74, 6) is 0.795. The maximum absolute atomic E-state index is 3.93. The molecule has 1 fully saturated rings. The second-order valence-corrected chi connectivity index (χ2v) is 6.30. The molecule has 2 aromatic carbocycles. The van der Waals surface area contributed by atoms with Gasteiger partial charge < -0.3 is 0 Å². The molecule has 0 bridgehead atoms. The lowest BCUT2D eigenvalue weighted by Gasteiger charge is -2.17. The predicted octanol–water partition coefficient (Wildman–Crippen LogP) is 2.66. The van der Waals surface area contributed by atoms with Crippen LogP contribution in [0, 0.1) is 13.8 Å². The van der Waals surface area contributed by atoms with E-state index in [0.717, 1.165) is 11.4 Å². The fourth-order valence-corrected chi connectivity index (χ4v) is 2.66. The molecule has 150 valence electrons. The summed E-state index contributed by atoms with van der Waals surface area (Å²) >= 11 is 0. The Hall–Kier alpha value is -2.65. The Morgan fingerprint density at radius 2 is 1.64 bits per heavy atom. The SMILES string of the molecule is CC.Cc1ccc(C2NNNN2C)cc1.Cc1cccc(-c2nnnn2C)c1. The van der Waals surface area contributed by atoms with Crippen molar-refractivity contribution in [3.8, 4) is 11.4 Å². The molecular weight excluding hydrogens is 352 g/mol. The van der Waals surface area contributed by atoms with Gasteiger partial charge in [0.1, 0.15) is 6.17 Å². The second-order valence-electron chi connectivity index (χ2n) is 6.30. The van der Waals surface area contributed by atoms with Gasteiger partial charge in [-0.15, -0.1) is 5.10 Å². The van der Waals surface area contributed by atoms with E-state index >= 15 is 0 Å². The third-order valence-electron chi connectivity index (χ3n) is 4.12. The third-order valence-corrected chi connectivity index (χ3v) is 4.12. The number of nitrogens with one attached hydrogen (secondary N) is 3. The van der Waals surface area contributed by atoms with Gasteiger partial charge in [0.2, 0.25) is 0 Å². The van der Waals surface area contributed by atoms with Crippen molar-refractivity contribution >= 4 is 0 Å². The monoisotopic (exact) mass is 382 g/mol. The van der Waals surface area contributed by atoms with E-state index in [4.69, 9.17) is 0 Å². The van der Waals surface area contributed by atoms with E-state index in [9.17, 15) is 0 Å². The van der Waals surface area contributed by atoms with Crippen LogP contribution >= 0.6 is 0 Å². The molecule has 4 rings (SSSR count). The Morgan fingerprint density at radius 3 is 2.18 bits per heavy atom. The summed E-state index contributed by atoms with van der Waals surface area (Å²) in [6.07, 6.45) is 0.195. The molecule has 1 aliphatic rings. The highest BCUT2D eigenvalue weighted by Gasteiger charge is 2.20. The Kier molecular flexibility index (Phi) is 8.21. The Bertz CT molecular complexity index is 843. The van der Waals surface area contributed by atoms with Gasteiger partial charge in [0, 0.05) is 19.7 Å². The highest BCUT2D eigenvalue weighted by atomic mass is 15.9. The van der Waals surface area contributed by atoms with Crippen LogP contribution in [-0.2, 0) is 7.05 Å². The van der Waals surface area contributed by atoms with E-state index in [0.29, 0.717) is 0 Å². The Balaban J connectivity index is 0.000000184. The predicted molar refractivity (Wildman–Crippen MR) is 111 cm³/mol. The molecule has 3 N–H and O–H groups in total. The zero-order valence-electron chi connectivity index (χ0n) is 17.4. The molecule has 8 nitrogen and oxygen atoms in total. The summed E-state index contributed by atoms with van der Waals surface area (Å²) in [5.41, 5.74) is 13.7. The maximum Gasteiger partial charge on any atom is 0.181 e. The molecule has 0 amide bonds. The van der Waals surface area contributed by atoms with E-state index < -0.39 is 0 Å². The summed E-state index contributed by atoms with van der Waals surface area (Å²) < 4.78 is 1.66. The van der Waals surface area contributed by atoms with Gasteiger partial charge in [0.15, 0.2) is 5.82 Å². The number of nitrogens with zero attached hydrogens (tertiary/aromatic N) is 5. The van der Waals surface area contributed by atoms with Crippen LogP contribution in [0.1, 0.15) is 36.7 Å². The molecule has 8 heteroatoms. The van der Waals surface area contributed by atoms with Gasteiger partial charge in [-0.05, 0) is 35.9 Å². The van der Waals surface area contributed by atoms with Gasteiger partial charge >= 0.3 is 0 Å². The van der Waals surface area contributed by atoms with Crippen LogP contribution in [0.3, 0.4) is 0 Å². The minimum atomic E-state index is 0.195. The van der Waals surface area contributed by atoms with E-state index in [1.165, 1.54) is 16.7 Å². The van der Waals surface area contributed by atoms with Crippen LogP contribution in [0.15, 0.2) is 48.5 Å². The standard InChI is InChI=1S/C9H14N4.C9H10N4.C2H6/c1-7-3-5-8(6-4-7)9-10-11-12-13(9)2;1-7-4-3-5-8(6-7)9-10-11-12-13(9)2;1-2/h3-6,9-12H,1-2H3;3-6H,1-2H3;1-2H3. The molecule has 0 spiro atoms. The molecule has 0 saturated carbocycles. The highest BCUT2D eigenvalue weighted by molar-refractivity contribution is 5.55. The van der Waals surface area contributed by atoms with E-state index in [2.05, 4.69) is 69.3 Å². The Labute approximate surface area is 166 Å².